The van der Waals surface area contributed by atoms with E-state index in [1.807, 2.05) is 0 Å². The first kappa shape index (κ1) is 13.9. The molecule has 1 aromatic heterocycles. The summed E-state index contributed by atoms with van der Waals surface area (Å²) in [6.07, 6.45) is 5.51. The normalized spacial score (nSPS) is 16.7. The minimum Gasteiger partial charge on any atom is -0.368 e. The molecular weight excluding hydrogens is 266 g/mol. The lowest BCUT2D eigenvalue weighted by atomic mass is 9.84. The van der Waals surface area contributed by atoms with Crippen molar-refractivity contribution < 1.29 is 4.92 Å². The highest BCUT2D eigenvalue weighted by atomic mass is 32.2. The first-order valence-corrected chi connectivity index (χ1v) is 7.27. The SMILES string of the molecule is CSC1(CNc2nc(N)nc(C)c2[N+](=O)[O-])CCC1. The van der Waals surface area contributed by atoms with Gasteiger partial charge < -0.3 is 11.1 Å². The van der Waals surface area contributed by atoms with Gasteiger partial charge >= 0.3 is 5.69 Å². The molecule has 0 unspecified atom stereocenters. The van der Waals surface area contributed by atoms with Crippen molar-refractivity contribution in [3.63, 3.8) is 0 Å². The van der Waals surface area contributed by atoms with E-state index in [9.17, 15) is 10.1 Å². The second-order valence-corrected chi connectivity index (χ2v) is 5.99. The summed E-state index contributed by atoms with van der Waals surface area (Å²) in [5.41, 5.74) is 5.75. The number of nitrogens with zero attached hydrogens (tertiary/aromatic N) is 3. The molecule has 0 bridgehead atoms. The Bertz CT molecular complexity index is 499. The summed E-state index contributed by atoms with van der Waals surface area (Å²) in [5.74, 6) is 0.271. The first-order valence-electron chi connectivity index (χ1n) is 6.05. The van der Waals surface area contributed by atoms with Gasteiger partial charge in [-0.3, -0.25) is 10.1 Å². The summed E-state index contributed by atoms with van der Waals surface area (Å²) >= 11 is 1.79. The molecule has 8 heteroatoms. The number of hydrogen-bond acceptors (Lipinski definition) is 7. The number of nitrogens with one attached hydrogen (secondary N) is 1. The van der Waals surface area contributed by atoms with Crippen LogP contribution in [0.2, 0.25) is 0 Å². The van der Waals surface area contributed by atoms with Crippen molar-refractivity contribution in [1.82, 2.24) is 9.97 Å². The number of thioether (sulfide) groups is 1. The standard InChI is InChI=1S/C11H17N5O2S/c1-7-8(16(17)18)9(15-10(12)14-7)13-6-11(19-2)4-3-5-11/h3-6H2,1-2H3,(H3,12,13,14,15). The van der Waals surface area contributed by atoms with Gasteiger partial charge in [-0.2, -0.15) is 16.7 Å². The summed E-state index contributed by atoms with van der Waals surface area (Å²) in [6.45, 7) is 2.22. The van der Waals surface area contributed by atoms with Crippen LogP contribution in [0.5, 0.6) is 0 Å². The van der Waals surface area contributed by atoms with Crippen molar-refractivity contribution >= 4 is 29.2 Å². The number of rotatable bonds is 5. The van der Waals surface area contributed by atoms with Gasteiger partial charge in [-0.1, -0.05) is 6.42 Å². The van der Waals surface area contributed by atoms with Crippen LogP contribution in [-0.4, -0.2) is 32.4 Å². The number of aromatic nitrogens is 2. The van der Waals surface area contributed by atoms with E-state index in [1.54, 1.807) is 18.7 Å². The smallest absolute Gasteiger partial charge is 0.332 e. The van der Waals surface area contributed by atoms with E-state index < -0.39 is 4.92 Å². The lowest BCUT2D eigenvalue weighted by Crippen LogP contribution is -2.40. The summed E-state index contributed by atoms with van der Waals surface area (Å²) in [5, 5.41) is 14.1. The van der Waals surface area contributed by atoms with Gasteiger partial charge in [0.05, 0.1) is 4.92 Å². The molecule has 0 saturated heterocycles. The highest BCUT2D eigenvalue weighted by Gasteiger charge is 2.36. The van der Waals surface area contributed by atoms with Gasteiger partial charge in [-0.25, -0.2) is 4.98 Å². The van der Waals surface area contributed by atoms with Crippen molar-refractivity contribution in [3.05, 3.63) is 15.8 Å². The Hall–Kier alpha value is -1.57. The van der Waals surface area contributed by atoms with Crippen LogP contribution in [0, 0.1) is 17.0 Å². The number of nitrogens with two attached hydrogens (primary N) is 1. The molecule has 1 heterocycles. The molecule has 0 spiro atoms. The van der Waals surface area contributed by atoms with Crippen LogP contribution >= 0.6 is 11.8 Å². The zero-order chi connectivity index (χ0) is 14.0. The predicted octanol–water partition coefficient (Wildman–Crippen LogP) is 1.97. The zero-order valence-corrected chi connectivity index (χ0v) is 11.8. The van der Waals surface area contributed by atoms with Crippen molar-refractivity contribution in [2.45, 2.75) is 30.9 Å². The minimum absolute atomic E-state index is 0.0532. The average Bonchev–Trinajstić information content (AvgIpc) is 2.26. The van der Waals surface area contributed by atoms with Crippen LogP contribution in [-0.2, 0) is 0 Å². The molecule has 0 aliphatic heterocycles. The molecule has 1 saturated carbocycles. The van der Waals surface area contributed by atoms with Crippen molar-refractivity contribution in [1.29, 1.82) is 0 Å². The number of aryl methyl sites for hydroxylation is 1. The van der Waals surface area contributed by atoms with E-state index in [4.69, 9.17) is 5.73 Å². The third kappa shape index (κ3) is 2.73. The van der Waals surface area contributed by atoms with Crippen LogP contribution in [0.4, 0.5) is 17.5 Å². The Labute approximate surface area is 115 Å². The molecule has 7 nitrogen and oxygen atoms in total. The molecule has 0 aromatic carbocycles. The van der Waals surface area contributed by atoms with E-state index in [1.165, 1.54) is 6.42 Å². The predicted molar refractivity (Wildman–Crippen MR) is 76.4 cm³/mol. The second kappa shape index (κ2) is 5.20. The largest absolute Gasteiger partial charge is 0.368 e. The highest BCUT2D eigenvalue weighted by molar-refractivity contribution is 8.00. The van der Waals surface area contributed by atoms with E-state index in [0.29, 0.717) is 6.54 Å². The molecule has 0 atom stereocenters. The molecule has 1 aliphatic rings. The van der Waals surface area contributed by atoms with Gasteiger partial charge in [0, 0.05) is 11.3 Å². The van der Waals surface area contributed by atoms with E-state index in [2.05, 4.69) is 21.5 Å². The fraction of sp³-hybridized carbons (Fsp3) is 0.636. The Balaban J connectivity index is 2.21. The van der Waals surface area contributed by atoms with E-state index in [-0.39, 0.29) is 27.9 Å². The van der Waals surface area contributed by atoms with E-state index in [0.717, 1.165) is 12.8 Å². The van der Waals surface area contributed by atoms with Crippen LogP contribution in [0.1, 0.15) is 25.0 Å². The van der Waals surface area contributed by atoms with Crippen LogP contribution in [0.3, 0.4) is 0 Å². The first-order chi connectivity index (χ1) is 8.97. The fourth-order valence-corrected chi connectivity index (χ4v) is 3.11. The molecule has 1 aliphatic carbocycles. The van der Waals surface area contributed by atoms with Gasteiger partial charge in [-0.15, -0.1) is 0 Å². The second-order valence-electron chi connectivity index (χ2n) is 4.72. The number of anilines is 2. The molecule has 0 amide bonds. The maximum Gasteiger partial charge on any atom is 0.332 e. The third-order valence-corrected chi connectivity index (χ3v) is 4.95. The van der Waals surface area contributed by atoms with Gasteiger partial charge in [0.15, 0.2) is 0 Å². The quantitative estimate of drug-likeness (QED) is 0.628. The molecule has 19 heavy (non-hydrogen) atoms. The van der Waals surface area contributed by atoms with Crippen LogP contribution in [0.15, 0.2) is 0 Å². The maximum absolute atomic E-state index is 11.1. The minimum atomic E-state index is -0.469. The Morgan fingerprint density at radius 2 is 2.21 bits per heavy atom. The van der Waals surface area contributed by atoms with Crippen molar-refractivity contribution in [2.75, 3.05) is 23.9 Å². The Morgan fingerprint density at radius 1 is 1.53 bits per heavy atom. The Morgan fingerprint density at radius 3 is 2.68 bits per heavy atom. The Kier molecular flexibility index (Phi) is 3.79. The number of nitro groups is 1. The lowest BCUT2D eigenvalue weighted by molar-refractivity contribution is -0.385. The van der Waals surface area contributed by atoms with E-state index >= 15 is 0 Å². The summed E-state index contributed by atoms with van der Waals surface area (Å²) in [4.78, 5) is 18.4. The summed E-state index contributed by atoms with van der Waals surface area (Å²) in [7, 11) is 0. The average molecular weight is 283 g/mol. The number of hydrogen-bond donors (Lipinski definition) is 2. The molecule has 3 N–H and O–H groups in total. The summed E-state index contributed by atoms with van der Waals surface area (Å²) < 4.78 is 0.168. The van der Waals surface area contributed by atoms with Gasteiger partial charge in [0.2, 0.25) is 11.8 Å². The monoisotopic (exact) mass is 283 g/mol. The number of nitrogen functional groups attached to an aromatic ring is 1. The fourth-order valence-electron chi connectivity index (χ4n) is 2.20. The topological polar surface area (TPSA) is 107 Å². The highest BCUT2D eigenvalue weighted by Crippen LogP contribution is 2.43. The van der Waals surface area contributed by atoms with Gasteiger partial charge in [-0.05, 0) is 26.0 Å². The lowest BCUT2D eigenvalue weighted by Gasteiger charge is -2.40. The molecular formula is C11H17N5O2S. The third-order valence-electron chi connectivity index (χ3n) is 3.53. The van der Waals surface area contributed by atoms with Gasteiger partial charge in [0.1, 0.15) is 5.69 Å². The molecule has 0 radical (unpaired) electrons. The van der Waals surface area contributed by atoms with Gasteiger partial charge in [0.25, 0.3) is 0 Å². The molecule has 1 aromatic rings. The van der Waals surface area contributed by atoms with Crippen LogP contribution < -0.4 is 11.1 Å². The summed E-state index contributed by atoms with van der Waals surface area (Å²) in [6, 6.07) is 0. The maximum atomic E-state index is 11.1. The zero-order valence-electron chi connectivity index (χ0n) is 11.0. The van der Waals surface area contributed by atoms with Crippen molar-refractivity contribution in [2.24, 2.45) is 0 Å². The molecule has 104 valence electrons. The molecule has 2 rings (SSSR count). The van der Waals surface area contributed by atoms with Crippen LogP contribution in [0.25, 0.3) is 0 Å². The van der Waals surface area contributed by atoms with Crippen molar-refractivity contribution in [3.8, 4) is 0 Å². The molecule has 1 fully saturated rings.